The lowest BCUT2D eigenvalue weighted by Crippen LogP contribution is -2.22. The maximum Gasteiger partial charge on any atom is 0.231 e. The molecule has 2 aliphatic rings. The molecule has 2 heterocycles. The lowest BCUT2D eigenvalue weighted by atomic mass is 9.84. The van der Waals surface area contributed by atoms with E-state index >= 15 is 0 Å². The SMILES string of the molecule is CC.CCOc1ccccc1[C@@H]1CC(=S)Nc2cc3c(cc21)OCO3. The van der Waals surface area contributed by atoms with Crippen LogP contribution < -0.4 is 19.5 Å². The van der Waals surface area contributed by atoms with Crippen molar-refractivity contribution in [2.45, 2.75) is 33.1 Å². The molecule has 4 nitrogen and oxygen atoms in total. The van der Waals surface area contributed by atoms with Gasteiger partial charge >= 0.3 is 0 Å². The topological polar surface area (TPSA) is 39.7 Å². The Morgan fingerprint density at radius 1 is 1.12 bits per heavy atom. The summed E-state index contributed by atoms with van der Waals surface area (Å²) in [5.41, 5.74) is 3.30. The van der Waals surface area contributed by atoms with Crippen molar-refractivity contribution in [2.75, 3.05) is 18.7 Å². The van der Waals surface area contributed by atoms with Crippen LogP contribution in [0.3, 0.4) is 0 Å². The van der Waals surface area contributed by atoms with Gasteiger partial charge in [0, 0.05) is 29.7 Å². The van der Waals surface area contributed by atoms with Gasteiger partial charge < -0.3 is 19.5 Å². The fraction of sp³-hybridized carbons (Fsp3) is 0.350. The Balaban J connectivity index is 0.000000880. The molecule has 0 saturated carbocycles. The van der Waals surface area contributed by atoms with Crippen molar-refractivity contribution in [2.24, 2.45) is 0 Å². The maximum atomic E-state index is 5.81. The van der Waals surface area contributed by atoms with Crippen LogP contribution in [0.2, 0.25) is 0 Å². The molecule has 2 aromatic carbocycles. The van der Waals surface area contributed by atoms with Crippen LogP contribution in [0.4, 0.5) is 5.69 Å². The van der Waals surface area contributed by atoms with Gasteiger partial charge in [0.1, 0.15) is 5.75 Å². The first kappa shape index (κ1) is 17.5. The third-order valence-electron chi connectivity index (χ3n) is 4.18. The highest BCUT2D eigenvalue weighted by atomic mass is 32.1. The molecule has 0 amide bonds. The number of fused-ring (bicyclic) bond motifs is 2. The lowest BCUT2D eigenvalue weighted by Gasteiger charge is -2.29. The van der Waals surface area contributed by atoms with E-state index in [9.17, 15) is 0 Å². The Labute approximate surface area is 154 Å². The summed E-state index contributed by atoms with van der Waals surface area (Å²) in [6.45, 7) is 6.90. The molecule has 0 aliphatic carbocycles. The minimum absolute atomic E-state index is 0.149. The first-order valence-electron chi connectivity index (χ1n) is 8.71. The molecule has 5 heteroatoms. The summed E-state index contributed by atoms with van der Waals surface area (Å²) in [6, 6.07) is 12.2. The van der Waals surface area contributed by atoms with Crippen LogP contribution in [0.1, 0.15) is 44.2 Å². The van der Waals surface area contributed by atoms with Crippen molar-refractivity contribution >= 4 is 22.9 Å². The molecule has 0 spiro atoms. The van der Waals surface area contributed by atoms with Crippen molar-refractivity contribution in [1.82, 2.24) is 0 Å². The van der Waals surface area contributed by atoms with E-state index in [-0.39, 0.29) is 12.7 Å². The molecule has 0 radical (unpaired) electrons. The fourth-order valence-electron chi connectivity index (χ4n) is 3.18. The second-order valence-electron chi connectivity index (χ2n) is 5.57. The molecule has 1 atom stereocenters. The average Bonchev–Trinajstić information content (AvgIpc) is 3.09. The van der Waals surface area contributed by atoms with Crippen LogP contribution in [0.15, 0.2) is 36.4 Å². The van der Waals surface area contributed by atoms with E-state index in [4.69, 9.17) is 26.4 Å². The summed E-state index contributed by atoms with van der Waals surface area (Å²) in [5.74, 6) is 2.61. The van der Waals surface area contributed by atoms with Gasteiger partial charge in [0.2, 0.25) is 6.79 Å². The zero-order valence-corrected chi connectivity index (χ0v) is 15.6. The molecule has 2 aliphatic heterocycles. The van der Waals surface area contributed by atoms with Gasteiger partial charge in [0.05, 0.1) is 11.6 Å². The highest BCUT2D eigenvalue weighted by molar-refractivity contribution is 7.80. The second kappa shape index (κ2) is 7.74. The largest absolute Gasteiger partial charge is 0.494 e. The molecular weight excluding hydrogens is 334 g/mol. The third kappa shape index (κ3) is 3.42. The van der Waals surface area contributed by atoms with E-state index in [0.29, 0.717) is 6.61 Å². The quantitative estimate of drug-likeness (QED) is 0.773. The smallest absolute Gasteiger partial charge is 0.231 e. The lowest BCUT2D eigenvalue weighted by molar-refractivity contribution is 0.174. The minimum Gasteiger partial charge on any atom is -0.494 e. The van der Waals surface area contributed by atoms with Gasteiger partial charge in [-0.3, -0.25) is 0 Å². The number of rotatable bonds is 3. The summed E-state index contributed by atoms with van der Waals surface area (Å²) in [5, 5.41) is 3.30. The number of thiocarbonyl (C=S) groups is 1. The van der Waals surface area contributed by atoms with Crippen molar-refractivity contribution < 1.29 is 14.2 Å². The van der Waals surface area contributed by atoms with E-state index in [1.165, 1.54) is 0 Å². The molecule has 0 aromatic heterocycles. The number of hydrogen-bond acceptors (Lipinski definition) is 4. The van der Waals surface area contributed by atoms with E-state index in [1.807, 2.05) is 45.0 Å². The third-order valence-corrected chi connectivity index (χ3v) is 4.45. The standard InChI is InChI=1S/C18H17NO3S.C2H6/c1-2-20-15-6-4-3-5-11(15)12-8-18(23)19-14-9-17-16(7-13(12)14)21-10-22-17;1-2/h3-7,9,12H,2,8,10H2,1H3,(H,19,23);1-2H3/t12-;/m0./s1. The molecule has 25 heavy (non-hydrogen) atoms. The van der Waals surface area contributed by atoms with Crippen LogP contribution in [-0.4, -0.2) is 18.4 Å². The number of hydrogen-bond donors (Lipinski definition) is 1. The average molecular weight is 357 g/mol. The highest BCUT2D eigenvalue weighted by Crippen LogP contribution is 2.46. The van der Waals surface area contributed by atoms with Gasteiger partial charge in [-0.2, -0.15) is 0 Å². The van der Waals surface area contributed by atoms with Crippen molar-refractivity contribution in [3.63, 3.8) is 0 Å². The van der Waals surface area contributed by atoms with Crippen LogP contribution >= 0.6 is 12.2 Å². The second-order valence-corrected chi connectivity index (χ2v) is 6.06. The van der Waals surface area contributed by atoms with Crippen molar-refractivity contribution in [3.8, 4) is 17.2 Å². The van der Waals surface area contributed by atoms with Gasteiger partial charge in [-0.25, -0.2) is 0 Å². The molecule has 0 unspecified atom stereocenters. The molecule has 0 bridgehead atoms. The molecule has 2 aromatic rings. The maximum absolute atomic E-state index is 5.81. The first-order valence-corrected chi connectivity index (χ1v) is 9.12. The number of ether oxygens (including phenoxy) is 3. The van der Waals surface area contributed by atoms with Gasteiger partial charge in [0.15, 0.2) is 11.5 Å². The van der Waals surface area contributed by atoms with Crippen molar-refractivity contribution in [3.05, 3.63) is 47.5 Å². The Morgan fingerprint density at radius 3 is 2.60 bits per heavy atom. The summed E-state index contributed by atoms with van der Waals surface area (Å²) >= 11 is 5.47. The molecule has 132 valence electrons. The fourth-order valence-corrected chi connectivity index (χ4v) is 3.46. The van der Waals surface area contributed by atoms with Crippen molar-refractivity contribution in [1.29, 1.82) is 0 Å². The Bertz CT molecular complexity index is 776. The van der Waals surface area contributed by atoms with E-state index in [2.05, 4.69) is 17.4 Å². The van der Waals surface area contributed by atoms with Crippen LogP contribution in [0.5, 0.6) is 17.2 Å². The Kier molecular flexibility index (Phi) is 5.43. The van der Waals surface area contributed by atoms with E-state index in [0.717, 1.165) is 45.5 Å². The summed E-state index contributed by atoms with van der Waals surface area (Å²) in [7, 11) is 0. The monoisotopic (exact) mass is 357 g/mol. The number of benzene rings is 2. The van der Waals surface area contributed by atoms with Crippen LogP contribution in [0.25, 0.3) is 0 Å². The molecule has 1 N–H and O–H groups in total. The van der Waals surface area contributed by atoms with Crippen LogP contribution in [-0.2, 0) is 0 Å². The van der Waals surface area contributed by atoms with Crippen LogP contribution in [0, 0.1) is 0 Å². The van der Waals surface area contributed by atoms with Gasteiger partial charge in [-0.15, -0.1) is 0 Å². The minimum atomic E-state index is 0.149. The summed E-state index contributed by atoms with van der Waals surface area (Å²) < 4.78 is 16.8. The molecule has 4 rings (SSSR count). The van der Waals surface area contributed by atoms with Gasteiger partial charge in [-0.05, 0) is 24.6 Å². The first-order chi connectivity index (χ1) is 12.3. The predicted molar refractivity (Wildman–Crippen MR) is 104 cm³/mol. The van der Waals surface area contributed by atoms with Gasteiger partial charge in [-0.1, -0.05) is 44.3 Å². The zero-order valence-electron chi connectivity index (χ0n) is 14.8. The number of nitrogens with one attached hydrogen (secondary N) is 1. The van der Waals surface area contributed by atoms with Gasteiger partial charge in [0.25, 0.3) is 0 Å². The number of anilines is 1. The molecular formula is C20H23NO3S. The molecule has 0 fully saturated rings. The Hall–Kier alpha value is -2.27. The zero-order chi connectivity index (χ0) is 17.8. The highest BCUT2D eigenvalue weighted by Gasteiger charge is 2.29. The van der Waals surface area contributed by atoms with E-state index < -0.39 is 0 Å². The van der Waals surface area contributed by atoms with E-state index in [1.54, 1.807) is 0 Å². The Morgan fingerprint density at radius 2 is 1.84 bits per heavy atom. The predicted octanol–water partition coefficient (Wildman–Crippen LogP) is 5.12. The number of para-hydroxylation sites is 1. The summed E-state index contributed by atoms with van der Waals surface area (Å²) in [4.78, 5) is 0.827. The molecule has 0 saturated heterocycles. The normalized spacial score (nSPS) is 17.1. The summed E-state index contributed by atoms with van der Waals surface area (Å²) in [6.07, 6.45) is 0.756.